The fourth-order valence-corrected chi connectivity index (χ4v) is 2.38. The van der Waals surface area contributed by atoms with Crippen molar-refractivity contribution in [3.63, 3.8) is 0 Å². The molecular weight excluding hydrogens is 304 g/mol. The normalized spacial score (nSPS) is 11.4. The number of ether oxygens (including phenoxy) is 1. The first-order valence-corrected chi connectivity index (χ1v) is 7.80. The molecule has 126 valence electrons. The Morgan fingerprint density at radius 2 is 1.71 bits per heavy atom. The van der Waals surface area contributed by atoms with Gasteiger partial charge in [0.05, 0.1) is 19.6 Å². The van der Waals surface area contributed by atoms with Crippen LogP contribution in [-0.4, -0.2) is 18.9 Å². The molecule has 0 bridgehead atoms. The van der Waals surface area contributed by atoms with E-state index in [2.05, 4.69) is 10.6 Å². The van der Waals surface area contributed by atoms with E-state index < -0.39 is 0 Å². The third kappa shape index (κ3) is 5.43. The second kappa shape index (κ2) is 8.72. The van der Waals surface area contributed by atoms with Crippen LogP contribution in [0.2, 0.25) is 0 Å². The van der Waals surface area contributed by atoms with Crippen LogP contribution in [0.25, 0.3) is 0 Å². The molecular formula is C19H22N2O3. The Hall–Kier alpha value is -2.82. The van der Waals surface area contributed by atoms with Gasteiger partial charge in [-0.1, -0.05) is 42.5 Å². The second-order valence-electron chi connectivity index (χ2n) is 5.49. The Morgan fingerprint density at radius 1 is 1.04 bits per heavy atom. The minimum atomic E-state index is -0.334. The molecule has 2 amide bonds. The lowest BCUT2D eigenvalue weighted by Crippen LogP contribution is -2.32. The fraction of sp³-hybridized carbons (Fsp3) is 0.263. The smallest absolute Gasteiger partial charge is 0.222 e. The molecule has 2 aromatic carbocycles. The zero-order valence-corrected chi connectivity index (χ0v) is 13.9. The van der Waals surface area contributed by atoms with E-state index in [-0.39, 0.29) is 24.3 Å². The van der Waals surface area contributed by atoms with Crippen molar-refractivity contribution in [2.75, 3.05) is 7.11 Å². The van der Waals surface area contributed by atoms with Gasteiger partial charge in [-0.3, -0.25) is 9.59 Å². The van der Waals surface area contributed by atoms with Crippen molar-refractivity contribution >= 4 is 11.8 Å². The van der Waals surface area contributed by atoms with E-state index in [9.17, 15) is 9.59 Å². The molecule has 1 unspecified atom stereocenters. The van der Waals surface area contributed by atoms with Crippen molar-refractivity contribution in [2.24, 2.45) is 0 Å². The van der Waals surface area contributed by atoms with Crippen molar-refractivity contribution in [1.29, 1.82) is 0 Å². The molecule has 0 radical (unpaired) electrons. The molecule has 0 heterocycles. The summed E-state index contributed by atoms with van der Waals surface area (Å²) in [4.78, 5) is 23.6. The van der Waals surface area contributed by atoms with E-state index in [1.807, 2.05) is 54.6 Å². The maximum atomic E-state index is 12.2. The number of hydrogen-bond donors (Lipinski definition) is 2. The van der Waals surface area contributed by atoms with Gasteiger partial charge in [-0.15, -0.1) is 0 Å². The van der Waals surface area contributed by atoms with Crippen molar-refractivity contribution in [2.45, 2.75) is 25.9 Å². The minimum Gasteiger partial charge on any atom is -0.497 e. The number of amides is 2. The molecule has 2 N–H and O–H groups in total. The van der Waals surface area contributed by atoms with Crippen LogP contribution in [0.3, 0.4) is 0 Å². The van der Waals surface area contributed by atoms with Gasteiger partial charge < -0.3 is 15.4 Å². The van der Waals surface area contributed by atoms with E-state index in [0.29, 0.717) is 6.54 Å². The number of methoxy groups -OCH3 is 1. The Kier molecular flexibility index (Phi) is 6.37. The van der Waals surface area contributed by atoms with Crippen molar-refractivity contribution in [3.8, 4) is 5.75 Å². The Bertz CT molecular complexity index is 669. The lowest BCUT2D eigenvalue weighted by atomic mass is 10.0. The average Bonchev–Trinajstić information content (AvgIpc) is 2.60. The fourth-order valence-electron chi connectivity index (χ4n) is 2.38. The summed E-state index contributed by atoms with van der Waals surface area (Å²) in [7, 11) is 1.61. The van der Waals surface area contributed by atoms with E-state index in [0.717, 1.165) is 16.9 Å². The summed E-state index contributed by atoms with van der Waals surface area (Å²) < 4.78 is 5.11. The molecule has 0 spiro atoms. The van der Waals surface area contributed by atoms with E-state index in [1.165, 1.54) is 6.92 Å². The molecule has 2 rings (SSSR count). The first-order valence-electron chi connectivity index (χ1n) is 7.80. The Morgan fingerprint density at radius 3 is 2.29 bits per heavy atom. The number of rotatable bonds is 7. The van der Waals surface area contributed by atoms with Gasteiger partial charge in [-0.05, 0) is 23.3 Å². The highest BCUT2D eigenvalue weighted by Crippen LogP contribution is 2.17. The van der Waals surface area contributed by atoms with Crippen LogP contribution >= 0.6 is 0 Å². The Balaban J connectivity index is 1.93. The molecule has 0 aliphatic heterocycles. The molecule has 5 nitrogen and oxygen atoms in total. The van der Waals surface area contributed by atoms with Crippen LogP contribution in [0, 0.1) is 0 Å². The molecule has 0 saturated carbocycles. The van der Waals surface area contributed by atoms with Crippen LogP contribution in [0.4, 0.5) is 0 Å². The third-order valence-corrected chi connectivity index (χ3v) is 3.62. The molecule has 0 aromatic heterocycles. The summed E-state index contributed by atoms with van der Waals surface area (Å²) in [6, 6.07) is 16.7. The molecule has 0 fully saturated rings. The maximum Gasteiger partial charge on any atom is 0.222 e. The number of benzene rings is 2. The summed E-state index contributed by atoms with van der Waals surface area (Å²) in [5, 5.41) is 5.70. The summed E-state index contributed by atoms with van der Waals surface area (Å²) in [5.41, 5.74) is 1.90. The van der Waals surface area contributed by atoms with Gasteiger partial charge in [-0.25, -0.2) is 0 Å². The van der Waals surface area contributed by atoms with Gasteiger partial charge in [0.2, 0.25) is 11.8 Å². The molecule has 0 saturated heterocycles. The highest BCUT2D eigenvalue weighted by Gasteiger charge is 2.16. The predicted molar refractivity (Wildman–Crippen MR) is 92.5 cm³/mol. The standard InChI is InChI=1S/C19H22N2O3/c1-14(22)21-18(16-6-4-3-5-7-16)12-19(23)20-13-15-8-10-17(24-2)11-9-15/h3-11,18H,12-13H2,1-2H3,(H,20,23)(H,21,22). The summed E-state index contributed by atoms with van der Waals surface area (Å²) in [6.45, 7) is 1.88. The van der Waals surface area contributed by atoms with Crippen LogP contribution in [-0.2, 0) is 16.1 Å². The van der Waals surface area contributed by atoms with Gasteiger partial charge in [0.25, 0.3) is 0 Å². The summed E-state index contributed by atoms with van der Waals surface area (Å²) in [6.07, 6.45) is 0.194. The van der Waals surface area contributed by atoms with E-state index in [4.69, 9.17) is 4.74 Å². The lowest BCUT2D eigenvalue weighted by molar-refractivity contribution is -0.122. The topological polar surface area (TPSA) is 67.4 Å². The molecule has 0 aliphatic rings. The SMILES string of the molecule is COc1ccc(CNC(=O)CC(NC(C)=O)c2ccccc2)cc1. The van der Waals surface area contributed by atoms with E-state index in [1.54, 1.807) is 7.11 Å². The van der Waals surface area contributed by atoms with Crippen LogP contribution in [0.1, 0.15) is 30.5 Å². The highest BCUT2D eigenvalue weighted by atomic mass is 16.5. The number of carbonyl (C=O) groups excluding carboxylic acids is 2. The van der Waals surface area contributed by atoms with Gasteiger partial charge >= 0.3 is 0 Å². The summed E-state index contributed by atoms with van der Waals surface area (Å²) >= 11 is 0. The minimum absolute atomic E-state index is 0.117. The molecule has 5 heteroatoms. The van der Waals surface area contributed by atoms with Gasteiger partial charge in [0.1, 0.15) is 5.75 Å². The summed E-state index contributed by atoms with van der Waals surface area (Å²) in [5.74, 6) is 0.500. The first kappa shape index (κ1) is 17.5. The van der Waals surface area contributed by atoms with Crippen LogP contribution < -0.4 is 15.4 Å². The van der Waals surface area contributed by atoms with E-state index >= 15 is 0 Å². The number of carbonyl (C=O) groups is 2. The van der Waals surface area contributed by atoms with Gasteiger partial charge in [0, 0.05) is 13.5 Å². The quantitative estimate of drug-likeness (QED) is 0.822. The lowest BCUT2D eigenvalue weighted by Gasteiger charge is -2.18. The average molecular weight is 326 g/mol. The van der Waals surface area contributed by atoms with Crippen molar-refractivity contribution in [1.82, 2.24) is 10.6 Å². The maximum absolute atomic E-state index is 12.2. The molecule has 0 aliphatic carbocycles. The van der Waals surface area contributed by atoms with Crippen molar-refractivity contribution < 1.29 is 14.3 Å². The molecule has 2 aromatic rings. The zero-order chi connectivity index (χ0) is 17.4. The zero-order valence-electron chi connectivity index (χ0n) is 13.9. The number of hydrogen-bond acceptors (Lipinski definition) is 3. The third-order valence-electron chi connectivity index (χ3n) is 3.62. The molecule has 24 heavy (non-hydrogen) atoms. The second-order valence-corrected chi connectivity index (χ2v) is 5.49. The highest BCUT2D eigenvalue weighted by molar-refractivity contribution is 5.79. The van der Waals surface area contributed by atoms with Gasteiger partial charge in [0.15, 0.2) is 0 Å². The van der Waals surface area contributed by atoms with Crippen LogP contribution in [0.15, 0.2) is 54.6 Å². The first-order chi connectivity index (χ1) is 11.6. The monoisotopic (exact) mass is 326 g/mol. The van der Waals surface area contributed by atoms with Gasteiger partial charge in [-0.2, -0.15) is 0 Å². The molecule has 1 atom stereocenters. The predicted octanol–water partition coefficient (Wildman–Crippen LogP) is 2.58. The largest absolute Gasteiger partial charge is 0.497 e. The van der Waals surface area contributed by atoms with Crippen LogP contribution in [0.5, 0.6) is 5.75 Å². The Labute approximate surface area is 142 Å². The number of nitrogens with one attached hydrogen (secondary N) is 2. The van der Waals surface area contributed by atoms with Crippen molar-refractivity contribution in [3.05, 3.63) is 65.7 Å².